The summed E-state index contributed by atoms with van der Waals surface area (Å²) in [7, 11) is -2.13. The average Bonchev–Trinajstić information content (AvgIpc) is 2.78. The summed E-state index contributed by atoms with van der Waals surface area (Å²) in [6.07, 6.45) is 1.38. The van der Waals surface area contributed by atoms with Crippen LogP contribution in [0.5, 0.6) is 0 Å². The number of nitrogens with zero attached hydrogens (tertiary/aromatic N) is 3. The summed E-state index contributed by atoms with van der Waals surface area (Å²) in [5.41, 5.74) is 0. The number of methoxy groups -OCH3 is 1. The molecule has 9 heteroatoms. The summed E-state index contributed by atoms with van der Waals surface area (Å²) in [5.74, 6) is -0.261. The predicted octanol–water partition coefficient (Wildman–Crippen LogP) is 0.793. The van der Waals surface area contributed by atoms with Crippen molar-refractivity contribution < 1.29 is 22.7 Å². The second-order valence-corrected chi connectivity index (χ2v) is 9.49. The van der Waals surface area contributed by atoms with Crippen LogP contribution >= 0.6 is 0 Å². The number of piperidine rings is 1. The van der Waals surface area contributed by atoms with Gasteiger partial charge in [0.15, 0.2) is 0 Å². The lowest BCUT2D eigenvalue weighted by molar-refractivity contribution is -0.147. The Kier molecular flexibility index (Phi) is 6.92. The van der Waals surface area contributed by atoms with Gasteiger partial charge in [-0.3, -0.25) is 14.5 Å². The molecule has 0 unspecified atom stereocenters. The second-order valence-electron chi connectivity index (χ2n) is 7.55. The van der Waals surface area contributed by atoms with Crippen LogP contribution in [0.4, 0.5) is 0 Å². The number of carbonyl (C=O) groups excluding carboxylic acids is 2. The number of benzene rings is 1. The Hall–Kier alpha value is -1.97. The third kappa shape index (κ3) is 4.79. The third-order valence-corrected chi connectivity index (χ3v) is 7.81. The SMILES string of the molecule is COC(=O)C1CCN([C@@H](C)C(=O)N2CCN(S(=O)(=O)c3ccccc3)CC2)CC1. The summed E-state index contributed by atoms with van der Waals surface area (Å²) in [6, 6.07) is 8.09. The molecule has 2 aliphatic heterocycles. The molecule has 2 saturated heterocycles. The van der Waals surface area contributed by atoms with Crippen molar-refractivity contribution in [3.05, 3.63) is 30.3 Å². The van der Waals surface area contributed by atoms with Crippen LogP contribution in [0.25, 0.3) is 0 Å². The number of amides is 1. The molecule has 1 amide bonds. The Morgan fingerprint density at radius 2 is 1.59 bits per heavy atom. The molecule has 0 aromatic heterocycles. The zero-order chi connectivity index (χ0) is 21.0. The maximum atomic E-state index is 12.9. The lowest BCUT2D eigenvalue weighted by Gasteiger charge is -2.39. The van der Waals surface area contributed by atoms with Gasteiger partial charge in [-0.1, -0.05) is 18.2 Å². The summed E-state index contributed by atoms with van der Waals surface area (Å²) in [6.45, 7) is 4.58. The molecule has 1 aromatic carbocycles. The van der Waals surface area contributed by atoms with Crippen molar-refractivity contribution in [2.45, 2.75) is 30.7 Å². The van der Waals surface area contributed by atoms with E-state index >= 15 is 0 Å². The number of piperazine rings is 1. The molecule has 2 aliphatic rings. The molecule has 0 radical (unpaired) electrons. The normalized spacial score (nSPS) is 21.0. The van der Waals surface area contributed by atoms with E-state index in [0.29, 0.717) is 52.1 Å². The molecule has 0 aliphatic carbocycles. The van der Waals surface area contributed by atoms with Crippen LogP contribution in [0.1, 0.15) is 19.8 Å². The molecule has 0 saturated carbocycles. The summed E-state index contributed by atoms with van der Waals surface area (Å²) < 4.78 is 31.7. The number of carbonyl (C=O) groups is 2. The first-order valence-corrected chi connectivity index (χ1v) is 11.4. The van der Waals surface area contributed by atoms with Gasteiger partial charge in [0.1, 0.15) is 0 Å². The van der Waals surface area contributed by atoms with E-state index in [4.69, 9.17) is 4.74 Å². The number of likely N-dealkylation sites (tertiary alicyclic amines) is 1. The number of esters is 1. The maximum absolute atomic E-state index is 12.9. The first-order valence-electron chi connectivity index (χ1n) is 10.0. The summed E-state index contributed by atoms with van der Waals surface area (Å²) in [4.78, 5) is 28.7. The number of hydrogen-bond acceptors (Lipinski definition) is 6. The van der Waals surface area contributed by atoms with Crippen LogP contribution < -0.4 is 0 Å². The number of ether oxygens (including phenoxy) is 1. The number of rotatable bonds is 5. The first-order chi connectivity index (χ1) is 13.8. The fraction of sp³-hybridized carbons (Fsp3) is 0.600. The van der Waals surface area contributed by atoms with E-state index in [0.717, 1.165) is 0 Å². The molecule has 29 heavy (non-hydrogen) atoms. The Labute approximate surface area is 172 Å². The van der Waals surface area contributed by atoms with Gasteiger partial charge in [-0.15, -0.1) is 0 Å². The van der Waals surface area contributed by atoms with Crippen molar-refractivity contribution >= 4 is 21.9 Å². The van der Waals surface area contributed by atoms with E-state index < -0.39 is 10.0 Å². The van der Waals surface area contributed by atoms with Crippen molar-refractivity contribution in [2.75, 3.05) is 46.4 Å². The molecule has 1 atom stereocenters. The van der Waals surface area contributed by atoms with E-state index in [2.05, 4.69) is 4.90 Å². The second kappa shape index (κ2) is 9.23. The molecule has 8 nitrogen and oxygen atoms in total. The van der Waals surface area contributed by atoms with Crippen molar-refractivity contribution in [3.8, 4) is 0 Å². The smallest absolute Gasteiger partial charge is 0.308 e. The van der Waals surface area contributed by atoms with Gasteiger partial charge >= 0.3 is 5.97 Å². The van der Waals surface area contributed by atoms with Crippen molar-refractivity contribution in [3.63, 3.8) is 0 Å². The Morgan fingerprint density at radius 3 is 2.14 bits per heavy atom. The molecular formula is C20H29N3O5S. The van der Waals surface area contributed by atoms with Crippen molar-refractivity contribution in [1.29, 1.82) is 0 Å². The highest BCUT2D eigenvalue weighted by Gasteiger charge is 2.35. The summed E-state index contributed by atoms with van der Waals surface area (Å²) >= 11 is 0. The molecule has 3 rings (SSSR count). The molecule has 2 fully saturated rings. The minimum atomic E-state index is -3.53. The zero-order valence-corrected chi connectivity index (χ0v) is 17.8. The predicted molar refractivity (Wildman–Crippen MR) is 108 cm³/mol. The van der Waals surface area contributed by atoms with Crippen LogP contribution in [-0.2, 0) is 24.3 Å². The largest absolute Gasteiger partial charge is 0.469 e. The zero-order valence-electron chi connectivity index (χ0n) is 17.0. The fourth-order valence-electron chi connectivity index (χ4n) is 4.00. The third-order valence-electron chi connectivity index (χ3n) is 5.90. The number of hydrogen-bond donors (Lipinski definition) is 0. The molecule has 2 heterocycles. The van der Waals surface area contributed by atoms with Crippen LogP contribution in [0, 0.1) is 5.92 Å². The minimum Gasteiger partial charge on any atom is -0.469 e. The van der Waals surface area contributed by atoms with E-state index in [1.165, 1.54) is 11.4 Å². The van der Waals surface area contributed by atoms with Crippen molar-refractivity contribution in [2.24, 2.45) is 5.92 Å². The molecule has 160 valence electrons. The molecular weight excluding hydrogens is 394 g/mol. The maximum Gasteiger partial charge on any atom is 0.308 e. The fourth-order valence-corrected chi connectivity index (χ4v) is 5.44. The van der Waals surface area contributed by atoms with Gasteiger partial charge in [-0.25, -0.2) is 8.42 Å². The Balaban J connectivity index is 1.53. The topological polar surface area (TPSA) is 87.2 Å². The van der Waals surface area contributed by atoms with E-state index in [1.807, 2.05) is 6.92 Å². The number of sulfonamides is 1. The van der Waals surface area contributed by atoms with Crippen LogP contribution in [0.3, 0.4) is 0 Å². The lowest BCUT2D eigenvalue weighted by atomic mass is 9.96. The highest BCUT2D eigenvalue weighted by molar-refractivity contribution is 7.89. The monoisotopic (exact) mass is 423 g/mol. The van der Waals surface area contributed by atoms with E-state index in [9.17, 15) is 18.0 Å². The van der Waals surface area contributed by atoms with Gasteiger partial charge in [-0.05, 0) is 45.0 Å². The average molecular weight is 424 g/mol. The van der Waals surface area contributed by atoms with Crippen molar-refractivity contribution in [1.82, 2.24) is 14.1 Å². The van der Waals surface area contributed by atoms with Crippen LogP contribution in [0.15, 0.2) is 35.2 Å². The van der Waals surface area contributed by atoms with Gasteiger partial charge in [0.25, 0.3) is 0 Å². The van der Waals surface area contributed by atoms with E-state index in [1.54, 1.807) is 35.2 Å². The molecule has 1 aromatic rings. The highest BCUT2D eigenvalue weighted by atomic mass is 32.2. The molecule has 0 spiro atoms. The Morgan fingerprint density at radius 1 is 1.00 bits per heavy atom. The van der Waals surface area contributed by atoms with Gasteiger partial charge in [0.2, 0.25) is 15.9 Å². The quantitative estimate of drug-likeness (QED) is 0.651. The van der Waals surface area contributed by atoms with Crippen LogP contribution in [0.2, 0.25) is 0 Å². The Bertz CT molecular complexity index is 814. The summed E-state index contributed by atoms with van der Waals surface area (Å²) in [5, 5.41) is 0. The van der Waals surface area contributed by atoms with Gasteiger partial charge in [-0.2, -0.15) is 4.31 Å². The highest BCUT2D eigenvalue weighted by Crippen LogP contribution is 2.22. The minimum absolute atomic E-state index is 0.0123. The van der Waals surface area contributed by atoms with Gasteiger partial charge in [0.05, 0.1) is 24.0 Å². The molecule has 0 bridgehead atoms. The van der Waals surface area contributed by atoms with Gasteiger partial charge < -0.3 is 9.64 Å². The standard InChI is InChI=1S/C20H29N3O5S/c1-16(21-10-8-17(9-11-21)20(25)28-2)19(24)22-12-14-23(15-13-22)29(26,27)18-6-4-3-5-7-18/h3-7,16-17H,8-15H2,1-2H3/t16-/m0/s1. The molecule has 0 N–H and O–H groups in total. The van der Waals surface area contributed by atoms with E-state index in [-0.39, 0.29) is 28.7 Å². The first kappa shape index (κ1) is 21.7. The van der Waals surface area contributed by atoms with Gasteiger partial charge in [0, 0.05) is 26.2 Å². The van der Waals surface area contributed by atoms with Crippen LogP contribution in [-0.4, -0.2) is 86.8 Å². The lowest BCUT2D eigenvalue weighted by Crippen LogP contribution is -2.56.